The first kappa shape index (κ1) is 17.0. The molecule has 0 amide bonds. The Labute approximate surface area is 134 Å². The Morgan fingerprint density at radius 2 is 2.10 bits per heavy atom. The maximum absolute atomic E-state index is 3.59. The van der Waals surface area contributed by atoms with Crippen LogP contribution in [0.5, 0.6) is 0 Å². The molecular weight excluding hydrogens is 276 g/mol. The van der Waals surface area contributed by atoms with Crippen molar-refractivity contribution in [1.82, 2.24) is 10.2 Å². The van der Waals surface area contributed by atoms with Crippen molar-refractivity contribution in [2.24, 2.45) is 17.8 Å². The molecule has 1 aliphatic rings. The zero-order valence-corrected chi connectivity index (χ0v) is 15.1. The van der Waals surface area contributed by atoms with E-state index in [2.05, 4.69) is 62.5 Å². The zero-order chi connectivity index (χ0) is 15.4. The summed E-state index contributed by atoms with van der Waals surface area (Å²) in [5.74, 6) is 2.45. The Hall–Kier alpha value is -0.380. The molecule has 4 atom stereocenters. The average Bonchev–Trinajstić information content (AvgIpc) is 2.92. The van der Waals surface area contributed by atoms with Gasteiger partial charge in [0.2, 0.25) is 0 Å². The molecule has 0 aliphatic heterocycles. The van der Waals surface area contributed by atoms with Gasteiger partial charge in [-0.25, -0.2) is 0 Å². The van der Waals surface area contributed by atoms with Gasteiger partial charge in [0, 0.05) is 30.1 Å². The van der Waals surface area contributed by atoms with Crippen molar-refractivity contribution in [3.8, 4) is 0 Å². The molecule has 4 unspecified atom stereocenters. The van der Waals surface area contributed by atoms with Crippen LogP contribution in [0.25, 0.3) is 0 Å². The molecule has 1 saturated carbocycles. The summed E-state index contributed by atoms with van der Waals surface area (Å²) in [6.45, 7) is 11.8. The lowest BCUT2D eigenvalue weighted by atomic mass is 9.72. The standard InChI is InChI=1S/C18H32N2S/c1-13(2)20(11-16-7-6-8-21-16)12-17-15(4)9-14(3)10-18(17)19-5/h6-8,13-15,17-19H,9-12H2,1-5H3. The molecule has 0 spiro atoms. The van der Waals surface area contributed by atoms with E-state index in [1.807, 2.05) is 11.3 Å². The maximum atomic E-state index is 3.59. The van der Waals surface area contributed by atoms with Crippen LogP contribution < -0.4 is 5.32 Å². The number of hydrogen-bond donors (Lipinski definition) is 1. The van der Waals surface area contributed by atoms with Crippen molar-refractivity contribution in [2.75, 3.05) is 13.6 Å². The van der Waals surface area contributed by atoms with Crippen LogP contribution in [-0.4, -0.2) is 30.6 Å². The van der Waals surface area contributed by atoms with E-state index in [4.69, 9.17) is 0 Å². The second kappa shape index (κ2) is 7.75. The molecule has 1 heterocycles. The Balaban J connectivity index is 2.04. The lowest BCUT2D eigenvalue weighted by Gasteiger charge is -2.43. The molecule has 1 aromatic rings. The van der Waals surface area contributed by atoms with E-state index in [0.717, 1.165) is 24.3 Å². The SMILES string of the molecule is CNC1CC(C)CC(C)C1CN(Cc1cccs1)C(C)C. The van der Waals surface area contributed by atoms with Gasteiger partial charge < -0.3 is 5.32 Å². The molecule has 120 valence electrons. The van der Waals surface area contributed by atoms with Crippen LogP contribution in [-0.2, 0) is 6.54 Å². The fourth-order valence-electron chi connectivity index (χ4n) is 3.88. The maximum Gasteiger partial charge on any atom is 0.0330 e. The van der Waals surface area contributed by atoms with Gasteiger partial charge in [-0.05, 0) is 62.9 Å². The summed E-state index contributed by atoms with van der Waals surface area (Å²) in [6, 6.07) is 5.71. The first-order chi connectivity index (χ1) is 10.0. The second-order valence-corrected chi connectivity index (χ2v) is 8.25. The molecular formula is C18H32N2S. The quantitative estimate of drug-likeness (QED) is 0.846. The zero-order valence-electron chi connectivity index (χ0n) is 14.3. The van der Waals surface area contributed by atoms with Gasteiger partial charge in [-0.1, -0.05) is 19.9 Å². The lowest BCUT2D eigenvalue weighted by Crippen LogP contribution is -2.49. The van der Waals surface area contributed by atoms with Crippen LogP contribution in [0.1, 0.15) is 45.4 Å². The van der Waals surface area contributed by atoms with Crippen molar-refractivity contribution in [3.05, 3.63) is 22.4 Å². The van der Waals surface area contributed by atoms with E-state index in [1.54, 1.807) is 0 Å². The van der Waals surface area contributed by atoms with Gasteiger partial charge >= 0.3 is 0 Å². The highest BCUT2D eigenvalue weighted by Crippen LogP contribution is 2.34. The summed E-state index contributed by atoms with van der Waals surface area (Å²) in [6.07, 6.45) is 2.71. The van der Waals surface area contributed by atoms with Gasteiger partial charge in [0.25, 0.3) is 0 Å². The molecule has 3 heteroatoms. The van der Waals surface area contributed by atoms with Crippen molar-refractivity contribution >= 4 is 11.3 Å². The molecule has 0 bridgehead atoms. The fraction of sp³-hybridized carbons (Fsp3) is 0.778. The van der Waals surface area contributed by atoms with E-state index in [0.29, 0.717) is 12.1 Å². The van der Waals surface area contributed by atoms with Crippen LogP contribution in [0.15, 0.2) is 17.5 Å². The predicted molar refractivity (Wildman–Crippen MR) is 93.8 cm³/mol. The summed E-state index contributed by atoms with van der Waals surface area (Å²) in [4.78, 5) is 4.15. The Kier molecular flexibility index (Phi) is 6.27. The topological polar surface area (TPSA) is 15.3 Å². The number of rotatable bonds is 6. The molecule has 1 aliphatic carbocycles. The van der Waals surface area contributed by atoms with Crippen molar-refractivity contribution in [1.29, 1.82) is 0 Å². The smallest absolute Gasteiger partial charge is 0.0330 e. The first-order valence-corrected chi connectivity index (χ1v) is 9.33. The first-order valence-electron chi connectivity index (χ1n) is 8.45. The summed E-state index contributed by atoms with van der Waals surface area (Å²) < 4.78 is 0. The molecule has 1 fully saturated rings. The normalized spacial score (nSPS) is 30.2. The number of nitrogens with zero attached hydrogens (tertiary/aromatic N) is 1. The van der Waals surface area contributed by atoms with Crippen LogP contribution >= 0.6 is 11.3 Å². The van der Waals surface area contributed by atoms with E-state index >= 15 is 0 Å². The van der Waals surface area contributed by atoms with Gasteiger partial charge in [-0.3, -0.25) is 4.90 Å². The van der Waals surface area contributed by atoms with Gasteiger partial charge in [0.1, 0.15) is 0 Å². The largest absolute Gasteiger partial charge is 0.317 e. The van der Waals surface area contributed by atoms with E-state index in [-0.39, 0.29) is 0 Å². The minimum Gasteiger partial charge on any atom is -0.317 e. The average molecular weight is 309 g/mol. The van der Waals surface area contributed by atoms with Gasteiger partial charge in [0.05, 0.1) is 0 Å². The number of thiophene rings is 1. The summed E-state index contributed by atoms with van der Waals surface area (Å²) in [5.41, 5.74) is 0. The molecule has 0 aromatic carbocycles. The van der Waals surface area contributed by atoms with E-state index in [1.165, 1.54) is 24.3 Å². The summed E-state index contributed by atoms with van der Waals surface area (Å²) >= 11 is 1.88. The molecule has 21 heavy (non-hydrogen) atoms. The molecule has 2 rings (SSSR count). The second-order valence-electron chi connectivity index (χ2n) is 7.22. The Bertz CT molecular complexity index is 401. The summed E-state index contributed by atoms with van der Waals surface area (Å²) in [7, 11) is 2.14. The molecule has 1 aromatic heterocycles. The molecule has 2 nitrogen and oxygen atoms in total. The number of nitrogens with one attached hydrogen (secondary N) is 1. The van der Waals surface area contributed by atoms with Crippen molar-refractivity contribution < 1.29 is 0 Å². The predicted octanol–water partition coefficient (Wildman–Crippen LogP) is 4.23. The van der Waals surface area contributed by atoms with E-state index in [9.17, 15) is 0 Å². The molecule has 0 radical (unpaired) electrons. The molecule has 0 saturated heterocycles. The third kappa shape index (κ3) is 4.54. The minimum absolute atomic E-state index is 0.608. The third-order valence-electron chi connectivity index (χ3n) is 5.16. The van der Waals surface area contributed by atoms with E-state index < -0.39 is 0 Å². The van der Waals surface area contributed by atoms with Gasteiger partial charge in [-0.15, -0.1) is 11.3 Å². The van der Waals surface area contributed by atoms with Gasteiger partial charge in [0.15, 0.2) is 0 Å². The van der Waals surface area contributed by atoms with Crippen LogP contribution in [0.4, 0.5) is 0 Å². The fourth-order valence-corrected chi connectivity index (χ4v) is 4.61. The van der Waals surface area contributed by atoms with Crippen molar-refractivity contribution in [2.45, 2.75) is 59.2 Å². The Morgan fingerprint density at radius 1 is 1.33 bits per heavy atom. The molecule has 1 N–H and O–H groups in total. The van der Waals surface area contributed by atoms with Gasteiger partial charge in [-0.2, -0.15) is 0 Å². The third-order valence-corrected chi connectivity index (χ3v) is 6.02. The monoisotopic (exact) mass is 308 g/mol. The van der Waals surface area contributed by atoms with Crippen LogP contribution in [0, 0.1) is 17.8 Å². The Morgan fingerprint density at radius 3 is 2.67 bits per heavy atom. The minimum atomic E-state index is 0.608. The van der Waals surface area contributed by atoms with Crippen LogP contribution in [0.2, 0.25) is 0 Å². The lowest BCUT2D eigenvalue weighted by molar-refractivity contribution is 0.0863. The highest BCUT2D eigenvalue weighted by molar-refractivity contribution is 7.09. The summed E-state index contributed by atoms with van der Waals surface area (Å²) in [5, 5.41) is 5.78. The van der Waals surface area contributed by atoms with Crippen molar-refractivity contribution in [3.63, 3.8) is 0 Å². The highest BCUT2D eigenvalue weighted by atomic mass is 32.1. The highest BCUT2D eigenvalue weighted by Gasteiger charge is 2.34. The van der Waals surface area contributed by atoms with Crippen LogP contribution in [0.3, 0.4) is 0 Å². The number of hydrogen-bond acceptors (Lipinski definition) is 3.